The van der Waals surface area contributed by atoms with Crippen molar-refractivity contribution < 1.29 is 9.47 Å². The number of unbranched alkanes of at least 4 members (excludes halogenated alkanes) is 2. The van der Waals surface area contributed by atoms with Gasteiger partial charge >= 0.3 is 0 Å². The van der Waals surface area contributed by atoms with E-state index in [1.165, 1.54) is 75.3 Å². The Bertz CT molecular complexity index is 694. The Kier molecular flexibility index (Phi) is 12.9. The van der Waals surface area contributed by atoms with E-state index in [1.54, 1.807) is 0 Å². The smallest absolute Gasteiger partial charge is 0.126 e. The van der Waals surface area contributed by atoms with Crippen molar-refractivity contribution in [3.8, 4) is 11.5 Å². The summed E-state index contributed by atoms with van der Waals surface area (Å²) in [6.07, 6.45) is 18.0. The summed E-state index contributed by atoms with van der Waals surface area (Å²) < 4.78 is 12.7. The highest BCUT2D eigenvalue weighted by Gasteiger charge is 2.32. The van der Waals surface area contributed by atoms with Crippen molar-refractivity contribution in [2.45, 2.75) is 144 Å². The van der Waals surface area contributed by atoms with Crippen molar-refractivity contribution in [3.05, 3.63) is 23.3 Å². The van der Waals surface area contributed by atoms with E-state index < -0.39 is 0 Å². The molecule has 0 amide bonds. The summed E-state index contributed by atoms with van der Waals surface area (Å²) in [4.78, 5) is 0. The highest BCUT2D eigenvalue weighted by Crippen LogP contribution is 2.40. The number of hydrogen-bond acceptors (Lipinski definition) is 2. The van der Waals surface area contributed by atoms with E-state index in [4.69, 9.17) is 9.47 Å². The second-order valence-corrected chi connectivity index (χ2v) is 12.2. The summed E-state index contributed by atoms with van der Waals surface area (Å²) in [7, 11) is 0. The van der Waals surface area contributed by atoms with Gasteiger partial charge in [-0.15, -0.1) is 0 Å². The molecule has 1 aromatic carbocycles. The first kappa shape index (κ1) is 29.1. The maximum absolute atomic E-state index is 6.64. The van der Waals surface area contributed by atoms with Gasteiger partial charge in [0.15, 0.2) is 0 Å². The molecule has 0 radical (unpaired) electrons. The van der Waals surface area contributed by atoms with Crippen molar-refractivity contribution in [1.29, 1.82) is 0 Å². The van der Waals surface area contributed by atoms with Crippen molar-refractivity contribution in [2.75, 3.05) is 6.61 Å². The van der Waals surface area contributed by atoms with Gasteiger partial charge in [-0.25, -0.2) is 0 Å². The third-order valence-electron chi connectivity index (χ3n) is 7.89. The maximum atomic E-state index is 6.64. The molecule has 1 aliphatic rings. The molecule has 0 spiro atoms. The van der Waals surface area contributed by atoms with E-state index >= 15 is 0 Å². The minimum Gasteiger partial charge on any atom is -0.494 e. The van der Waals surface area contributed by atoms with Gasteiger partial charge in [-0.3, -0.25) is 0 Å². The first-order valence-electron chi connectivity index (χ1n) is 14.7. The third-order valence-corrected chi connectivity index (χ3v) is 7.89. The van der Waals surface area contributed by atoms with Crippen LogP contribution in [0.15, 0.2) is 12.1 Å². The Hall–Kier alpha value is -1.18. The molecule has 1 heterocycles. The van der Waals surface area contributed by atoms with Crippen LogP contribution in [-0.2, 0) is 6.42 Å². The molecular formula is C32H56O2. The second kappa shape index (κ2) is 15.0. The quantitative estimate of drug-likeness (QED) is 0.210. The predicted octanol–water partition coefficient (Wildman–Crippen LogP) is 10.1. The molecule has 196 valence electrons. The lowest BCUT2D eigenvalue weighted by Gasteiger charge is -2.37. The Balaban J connectivity index is 1.70. The average Bonchev–Trinajstić information content (AvgIpc) is 2.77. The third kappa shape index (κ3) is 10.6. The van der Waals surface area contributed by atoms with E-state index in [0.29, 0.717) is 0 Å². The molecule has 34 heavy (non-hydrogen) atoms. The molecule has 3 atom stereocenters. The van der Waals surface area contributed by atoms with Gasteiger partial charge in [-0.05, 0) is 87.0 Å². The van der Waals surface area contributed by atoms with Crippen LogP contribution in [0, 0.1) is 24.7 Å². The minimum absolute atomic E-state index is 0.0219. The fraction of sp³-hybridized carbons (Fsp3) is 0.812. The highest BCUT2D eigenvalue weighted by molar-refractivity contribution is 5.48. The summed E-state index contributed by atoms with van der Waals surface area (Å²) in [5, 5.41) is 0. The van der Waals surface area contributed by atoms with Gasteiger partial charge in [0.1, 0.15) is 17.1 Å². The van der Waals surface area contributed by atoms with E-state index in [1.807, 2.05) is 0 Å². The molecule has 1 aromatic rings. The number of rotatable bonds is 17. The van der Waals surface area contributed by atoms with E-state index in [2.05, 4.69) is 60.6 Å². The maximum Gasteiger partial charge on any atom is 0.126 e. The lowest BCUT2D eigenvalue weighted by molar-refractivity contribution is 0.0514. The second-order valence-electron chi connectivity index (χ2n) is 12.2. The predicted molar refractivity (Wildman–Crippen MR) is 148 cm³/mol. The fourth-order valence-corrected chi connectivity index (χ4v) is 5.44. The molecule has 0 saturated heterocycles. The number of fused-ring (bicyclic) bond motifs is 1. The molecule has 0 fully saturated rings. The van der Waals surface area contributed by atoms with E-state index in [-0.39, 0.29) is 5.60 Å². The van der Waals surface area contributed by atoms with Crippen LogP contribution in [-0.4, -0.2) is 12.2 Å². The largest absolute Gasteiger partial charge is 0.494 e. The monoisotopic (exact) mass is 472 g/mol. The van der Waals surface area contributed by atoms with Crippen molar-refractivity contribution in [1.82, 2.24) is 0 Å². The zero-order valence-corrected chi connectivity index (χ0v) is 23.8. The average molecular weight is 473 g/mol. The molecule has 0 bridgehead atoms. The van der Waals surface area contributed by atoms with E-state index in [9.17, 15) is 0 Å². The molecular weight excluding hydrogens is 416 g/mol. The molecule has 1 aliphatic heterocycles. The number of hydrogen-bond donors (Lipinski definition) is 0. The summed E-state index contributed by atoms with van der Waals surface area (Å²) in [6, 6.07) is 4.39. The summed E-state index contributed by atoms with van der Waals surface area (Å²) in [6.45, 7) is 17.1. The normalized spacial score (nSPS) is 19.5. The van der Waals surface area contributed by atoms with Crippen LogP contribution in [0.25, 0.3) is 0 Å². The fourth-order valence-electron chi connectivity index (χ4n) is 5.44. The van der Waals surface area contributed by atoms with Crippen LogP contribution in [0.2, 0.25) is 0 Å². The first-order chi connectivity index (χ1) is 16.2. The SMILES string of the molecule is CCCCCOc1cc(C)c2c(c1)CC[C@@](C)(CCC[C@H](C)CCC[C@H](C)CCCC(C)C)O2. The molecule has 2 rings (SSSR count). The van der Waals surface area contributed by atoms with Crippen LogP contribution >= 0.6 is 0 Å². The Morgan fingerprint density at radius 1 is 0.882 bits per heavy atom. The van der Waals surface area contributed by atoms with Crippen molar-refractivity contribution in [2.24, 2.45) is 17.8 Å². The van der Waals surface area contributed by atoms with Gasteiger partial charge in [-0.1, -0.05) is 92.4 Å². The van der Waals surface area contributed by atoms with E-state index in [0.717, 1.165) is 61.5 Å². The van der Waals surface area contributed by atoms with Gasteiger partial charge in [-0.2, -0.15) is 0 Å². The zero-order chi connectivity index (χ0) is 25.0. The number of ether oxygens (including phenoxy) is 2. The molecule has 2 heteroatoms. The lowest BCUT2D eigenvalue weighted by atomic mass is 9.85. The minimum atomic E-state index is -0.0219. The number of aryl methyl sites for hydroxylation is 2. The number of benzene rings is 1. The van der Waals surface area contributed by atoms with Crippen LogP contribution in [0.1, 0.15) is 136 Å². The van der Waals surface area contributed by atoms with Crippen molar-refractivity contribution in [3.63, 3.8) is 0 Å². The zero-order valence-electron chi connectivity index (χ0n) is 23.8. The van der Waals surface area contributed by atoms with Crippen LogP contribution in [0.3, 0.4) is 0 Å². The molecule has 0 N–H and O–H groups in total. The summed E-state index contributed by atoms with van der Waals surface area (Å²) in [5.74, 6) is 4.71. The molecule has 0 saturated carbocycles. The van der Waals surface area contributed by atoms with Gasteiger partial charge < -0.3 is 9.47 Å². The molecule has 0 aliphatic carbocycles. The van der Waals surface area contributed by atoms with Gasteiger partial charge in [0.05, 0.1) is 6.61 Å². The summed E-state index contributed by atoms with van der Waals surface area (Å²) in [5.41, 5.74) is 2.54. The van der Waals surface area contributed by atoms with Crippen molar-refractivity contribution >= 4 is 0 Å². The van der Waals surface area contributed by atoms with Crippen LogP contribution < -0.4 is 9.47 Å². The highest BCUT2D eigenvalue weighted by atomic mass is 16.5. The van der Waals surface area contributed by atoms with Gasteiger partial charge in [0.2, 0.25) is 0 Å². The lowest BCUT2D eigenvalue weighted by Crippen LogP contribution is -2.36. The first-order valence-corrected chi connectivity index (χ1v) is 14.7. The molecule has 0 unspecified atom stereocenters. The molecule has 0 aromatic heterocycles. The van der Waals surface area contributed by atoms with Gasteiger partial charge in [0.25, 0.3) is 0 Å². The van der Waals surface area contributed by atoms with Crippen LogP contribution in [0.5, 0.6) is 11.5 Å². The Morgan fingerprint density at radius 3 is 2.18 bits per heavy atom. The standard InChI is InChI=1S/C32H56O2/c1-8-9-10-22-33-30-23-28(6)31-29(24-30)19-21-32(7,34-31)20-13-18-27(5)17-12-16-26(4)15-11-14-25(2)3/h23-27H,8-22H2,1-7H3/t26-,27-,32-/m1/s1. The topological polar surface area (TPSA) is 18.5 Å². The Morgan fingerprint density at radius 2 is 1.53 bits per heavy atom. The summed E-state index contributed by atoms with van der Waals surface area (Å²) >= 11 is 0. The van der Waals surface area contributed by atoms with Gasteiger partial charge in [0, 0.05) is 0 Å². The Labute approximate surface area is 212 Å². The molecule has 2 nitrogen and oxygen atoms in total. The van der Waals surface area contributed by atoms with Crippen LogP contribution in [0.4, 0.5) is 0 Å².